The lowest BCUT2D eigenvalue weighted by Gasteiger charge is -2.21. The van der Waals surface area contributed by atoms with Crippen LogP contribution < -0.4 is 0 Å². The summed E-state index contributed by atoms with van der Waals surface area (Å²) in [6.45, 7) is 5.65. The van der Waals surface area contributed by atoms with Gasteiger partial charge in [0, 0.05) is 11.4 Å². The van der Waals surface area contributed by atoms with Gasteiger partial charge in [-0.15, -0.1) is 17.9 Å². The number of rotatable bonds is 8. The Hall–Kier alpha value is -1.66. The lowest BCUT2D eigenvalue weighted by atomic mass is 10.3. The molecule has 5 nitrogen and oxygen atoms in total. The summed E-state index contributed by atoms with van der Waals surface area (Å²) < 4.78 is 4.99. The van der Waals surface area contributed by atoms with Gasteiger partial charge in [-0.2, -0.15) is 0 Å². The molecule has 0 spiro atoms. The van der Waals surface area contributed by atoms with Crippen LogP contribution in [-0.4, -0.2) is 41.1 Å². The van der Waals surface area contributed by atoms with Crippen molar-refractivity contribution in [2.45, 2.75) is 19.6 Å². The molecule has 1 heterocycles. The van der Waals surface area contributed by atoms with Crippen molar-refractivity contribution in [2.24, 2.45) is 0 Å². The van der Waals surface area contributed by atoms with Crippen LogP contribution in [-0.2, 0) is 20.9 Å². The highest BCUT2D eigenvalue weighted by atomic mass is 32.1. The molecule has 0 radical (unpaired) electrons. The third-order valence-electron chi connectivity index (χ3n) is 2.43. The summed E-state index contributed by atoms with van der Waals surface area (Å²) in [5.74, 6) is -1.33. The Morgan fingerprint density at radius 2 is 2.37 bits per heavy atom. The van der Waals surface area contributed by atoms with Gasteiger partial charge in [-0.3, -0.25) is 4.79 Å². The molecule has 1 aromatic rings. The maximum absolute atomic E-state index is 12.0. The van der Waals surface area contributed by atoms with Crippen LogP contribution in [0.15, 0.2) is 30.2 Å². The van der Waals surface area contributed by atoms with Gasteiger partial charge >= 0.3 is 5.97 Å². The third-order valence-corrected chi connectivity index (χ3v) is 3.29. The van der Waals surface area contributed by atoms with Crippen LogP contribution in [0, 0.1) is 0 Å². The maximum Gasteiger partial charge on any atom is 0.332 e. The van der Waals surface area contributed by atoms with E-state index >= 15 is 0 Å². The SMILES string of the molecule is C=CCN(Cc1cccs1)C(=O)COC(C)C(=O)O. The Morgan fingerprint density at radius 3 is 2.89 bits per heavy atom. The normalized spacial score (nSPS) is 11.8. The van der Waals surface area contributed by atoms with Crippen LogP contribution in [0.4, 0.5) is 0 Å². The van der Waals surface area contributed by atoms with E-state index in [-0.39, 0.29) is 12.5 Å². The topological polar surface area (TPSA) is 66.8 Å². The van der Waals surface area contributed by atoms with Crippen molar-refractivity contribution in [1.82, 2.24) is 4.90 Å². The second kappa shape index (κ2) is 7.70. The number of aliphatic carboxylic acids is 1. The highest BCUT2D eigenvalue weighted by Gasteiger charge is 2.17. The lowest BCUT2D eigenvalue weighted by molar-refractivity contribution is -0.152. The molecular formula is C13H17NO4S. The van der Waals surface area contributed by atoms with Gasteiger partial charge in [0.1, 0.15) is 6.61 Å². The van der Waals surface area contributed by atoms with E-state index in [1.54, 1.807) is 22.3 Å². The quantitative estimate of drug-likeness (QED) is 0.738. The molecule has 0 bridgehead atoms. The third kappa shape index (κ3) is 5.23. The summed E-state index contributed by atoms with van der Waals surface area (Å²) in [7, 11) is 0. The van der Waals surface area contributed by atoms with Gasteiger partial charge in [0.2, 0.25) is 5.91 Å². The van der Waals surface area contributed by atoms with Gasteiger partial charge in [0.25, 0.3) is 0 Å². The Morgan fingerprint density at radius 1 is 1.63 bits per heavy atom. The van der Waals surface area contributed by atoms with Crippen molar-refractivity contribution in [3.8, 4) is 0 Å². The molecule has 6 heteroatoms. The molecule has 104 valence electrons. The van der Waals surface area contributed by atoms with Gasteiger partial charge in [-0.1, -0.05) is 12.1 Å². The molecule has 0 aliphatic heterocycles. The summed E-state index contributed by atoms with van der Waals surface area (Å²) in [5, 5.41) is 10.6. The van der Waals surface area contributed by atoms with Crippen LogP contribution in [0.5, 0.6) is 0 Å². The van der Waals surface area contributed by atoms with Crippen LogP contribution >= 0.6 is 11.3 Å². The van der Waals surface area contributed by atoms with Crippen molar-refractivity contribution in [3.05, 3.63) is 35.0 Å². The molecule has 0 aliphatic carbocycles. The second-order valence-electron chi connectivity index (χ2n) is 3.93. The number of ether oxygens (including phenoxy) is 1. The first kappa shape index (κ1) is 15.4. The highest BCUT2D eigenvalue weighted by molar-refractivity contribution is 7.09. The van der Waals surface area contributed by atoms with Gasteiger partial charge in [-0.05, 0) is 18.4 Å². The number of nitrogens with zero attached hydrogens (tertiary/aromatic N) is 1. The molecule has 0 saturated heterocycles. The Bertz CT molecular complexity index is 430. The van der Waals surface area contributed by atoms with Gasteiger partial charge in [-0.25, -0.2) is 4.79 Å². The molecule has 1 aromatic heterocycles. The standard InChI is InChI=1S/C13H17NO4S/c1-3-6-14(8-11-5-4-7-19-11)12(15)9-18-10(2)13(16)17/h3-5,7,10H,1,6,8-9H2,2H3,(H,16,17). The average molecular weight is 283 g/mol. The fourth-order valence-corrected chi connectivity index (χ4v) is 2.08. The fourth-order valence-electron chi connectivity index (χ4n) is 1.36. The molecule has 0 saturated carbocycles. The molecule has 1 amide bonds. The van der Waals surface area contributed by atoms with E-state index in [9.17, 15) is 9.59 Å². The average Bonchev–Trinajstić information content (AvgIpc) is 2.87. The summed E-state index contributed by atoms with van der Waals surface area (Å²) in [4.78, 5) is 25.2. The largest absolute Gasteiger partial charge is 0.479 e. The van der Waals surface area contributed by atoms with Crippen molar-refractivity contribution in [3.63, 3.8) is 0 Å². The minimum absolute atomic E-state index is 0.243. The second-order valence-corrected chi connectivity index (χ2v) is 4.97. The van der Waals surface area contributed by atoms with E-state index < -0.39 is 12.1 Å². The smallest absolute Gasteiger partial charge is 0.332 e. The number of hydrogen-bond acceptors (Lipinski definition) is 4. The minimum atomic E-state index is -1.08. The fraction of sp³-hybridized carbons (Fsp3) is 0.385. The van der Waals surface area contributed by atoms with Crippen molar-refractivity contribution in [1.29, 1.82) is 0 Å². The van der Waals surface area contributed by atoms with Gasteiger partial charge < -0.3 is 14.7 Å². The molecule has 1 unspecified atom stereocenters. The Kier molecular flexibility index (Phi) is 6.24. The van der Waals surface area contributed by atoms with E-state index in [1.807, 2.05) is 17.5 Å². The van der Waals surface area contributed by atoms with Crippen LogP contribution in [0.3, 0.4) is 0 Å². The number of carbonyl (C=O) groups is 2. The number of hydrogen-bond donors (Lipinski definition) is 1. The van der Waals surface area contributed by atoms with Crippen molar-refractivity contribution < 1.29 is 19.4 Å². The Balaban J connectivity index is 2.53. The predicted molar refractivity (Wildman–Crippen MR) is 73.0 cm³/mol. The molecular weight excluding hydrogens is 266 g/mol. The predicted octanol–water partition coefficient (Wildman–Crippen LogP) is 1.75. The molecule has 19 heavy (non-hydrogen) atoms. The number of carbonyl (C=O) groups excluding carboxylic acids is 1. The number of carboxylic acid groups (broad SMARTS) is 1. The highest BCUT2D eigenvalue weighted by Crippen LogP contribution is 2.12. The van der Waals surface area contributed by atoms with Crippen LogP contribution in [0.1, 0.15) is 11.8 Å². The van der Waals surface area contributed by atoms with E-state index in [0.29, 0.717) is 13.1 Å². The Labute approximate surface area is 116 Å². The first-order valence-electron chi connectivity index (χ1n) is 5.80. The molecule has 0 aromatic carbocycles. The number of amides is 1. The molecule has 1 N–H and O–H groups in total. The van der Waals surface area contributed by atoms with Gasteiger partial charge in [0.15, 0.2) is 6.10 Å². The number of carboxylic acids is 1. The summed E-state index contributed by atoms with van der Waals surface area (Å²) in [6.07, 6.45) is 0.642. The zero-order chi connectivity index (χ0) is 14.3. The minimum Gasteiger partial charge on any atom is -0.479 e. The maximum atomic E-state index is 12.0. The van der Waals surface area contributed by atoms with Gasteiger partial charge in [0.05, 0.1) is 6.54 Å². The monoisotopic (exact) mass is 283 g/mol. The lowest BCUT2D eigenvalue weighted by Crippen LogP contribution is -2.35. The van der Waals surface area contributed by atoms with E-state index in [4.69, 9.17) is 9.84 Å². The van der Waals surface area contributed by atoms with E-state index in [2.05, 4.69) is 6.58 Å². The van der Waals surface area contributed by atoms with E-state index in [1.165, 1.54) is 6.92 Å². The van der Waals surface area contributed by atoms with Crippen LogP contribution in [0.25, 0.3) is 0 Å². The number of thiophene rings is 1. The summed E-state index contributed by atoms with van der Waals surface area (Å²) in [5.41, 5.74) is 0. The van der Waals surface area contributed by atoms with E-state index in [0.717, 1.165) is 4.88 Å². The molecule has 0 fully saturated rings. The zero-order valence-corrected chi connectivity index (χ0v) is 11.6. The first-order valence-corrected chi connectivity index (χ1v) is 6.68. The zero-order valence-electron chi connectivity index (χ0n) is 10.7. The first-order chi connectivity index (χ1) is 9.04. The molecule has 0 aliphatic rings. The van der Waals surface area contributed by atoms with Crippen molar-refractivity contribution in [2.75, 3.05) is 13.2 Å². The van der Waals surface area contributed by atoms with Crippen LogP contribution in [0.2, 0.25) is 0 Å². The summed E-state index contributed by atoms with van der Waals surface area (Å²) in [6, 6.07) is 3.86. The molecule has 1 rings (SSSR count). The molecule has 1 atom stereocenters. The van der Waals surface area contributed by atoms with Crippen molar-refractivity contribution >= 4 is 23.2 Å². The summed E-state index contributed by atoms with van der Waals surface area (Å²) >= 11 is 1.56.